The second kappa shape index (κ2) is 6.11. The Morgan fingerprint density at radius 3 is 2.88 bits per heavy atom. The number of carboxylic acids is 1. The Morgan fingerprint density at radius 1 is 1.42 bits per heavy atom. The number of aliphatic hydroxyl groups is 1. The highest BCUT2D eigenvalue weighted by Gasteiger charge is 2.54. The summed E-state index contributed by atoms with van der Waals surface area (Å²) in [6.45, 7) is 2.17. The molecule has 0 radical (unpaired) electrons. The van der Waals surface area contributed by atoms with E-state index in [0.717, 1.165) is 27.7 Å². The monoisotopic (exact) mass is 352 g/mol. The summed E-state index contributed by atoms with van der Waals surface area (Å²) in [5, 5.41) is 24.9. The van der Waals surface area contributed by atoms with Crippen molar-refractivity contribution in [1.29, 1.82) is 0 Å². The second-order valence-corrected chi connectivity index (χ2v) is 7.28. The first-order chi connectivity index (χ1) is 12.5. The zero-order chi connectivity index (χ0) is 18.5. The van der Waals surface area contributed by atoms with Gasteiger partial charge in [-0.25, -0.2) is 0 Å². The molecule has 4 rings (SSSR count). The third kappa shape index (κ3) is 2.14. The van der Waals surface area contributed by atoms with Gasteiger partial charge in [0.1, 0.15) is 5.41 Å². The van der Waals surface area contributed by atoms with Crippen LogP contribution >= 0.6 is 0 Å². The van der Waals surface area contributed by atoms with E-state index in [0.29, 0.717) is 13.0 Å². The van der Waals surface area contributed by atoms with E-state index in [1.807, 2.05) is 44.3 Å². The Bertz CT molecular complexity index is 940. The van der Waals surface area contributed by atoms with Crippen molar-refractivity contribution < 1.29 is 15.0 Å². The Morgan fingerprint density at radius 2 is 2.19 bits per heavy atom. The van der Waals surface area contributed by atoms with Crippen molar-refractivity contribution in [1.82, 2.24) is 9.88 Å². The molecule has 0 saturated carbocycles. The van der Waals surface area contributed by atoms with Gasteiger partial charge in [0.25, 0.3) is 0 Å². The van der Waals surface area contributed by atoms with Gasteiger partial charge in [0.05, 0.1) is 6.61 Å². The van der Waals surface area contributed by atoms with Crippen LogP contribution in [0.15, 0.2) is 42.0 Å². The van der Waals surface area contributed by atoms with E-state index < -0.39 is 18.0 Å². The fourth-order valence-corrected chi connectivity index (χ4v) is 4.78. The summed E-state index contributed by atoms with van der Waals surface area (Å²) in [6, 6.07) is 7.86. The first-order valence-corrected chi connectivity index (χ1v) is 9.01. The van der Waals surface area contributed by atoms with Crippen molar-refractivity contribution in [3.8, 4) is 0 Å². The van der Waals surface area contributed by atoms with E-state index in [2.05, 4.69) is 22.0 Å². The Labute approximate surface area is 152 Å². The molecule has 26 heavy (non-hydrogen) atoms. The number of hydrogen-bond donors (Lipinski definition) is 3. The van der Waals surface area contributed by atoms with Crippen LogP contribution in [-0.4, -0.2) is 39.9 Å². The maximum absolute atomic E-state index is 12.4. The Hall–Kier alpha value is -2.37. The van der Waals surface area contributed by atoms with Crippen LogP contribution in [0.1, 0.15) is 18.2 Å². The number of piperidine rings is 1. The zero-order valence-corrected chi connectivity index (χ0v) is 15.1. The molecule has 5 heteroatoms. The third-order valence-electron chi connectivity index (χ3n) is 6.28. The molecule has 1 aliphatic carbocycles. The lowest BCUT2D eigenvalue weighted by atomic mass is 9.62. The lowest BCUT2D eigenvalue weighted by Gasteiger charge is -2.47. The van der Waals surface area contributed by atoms with Crippen LogP contribution in [0.5, 0.6) is 0 Å². The van der Waals surface area contributed by atoms with Gasteiger partial charge >= 0.3 is 5.97 Å². The van der Waals surface area contributed by atoms with Gasteiger partial charge in [-0.2, -0.15) is 0 Å². The van der Waals surface area contributed by atoms with Crippen LogP contribution in [0.25, 0.3) is 17.0 Å². The SMILES string of the molecule is C/C=C1/CN[C@H]2Cc3c(n(C)c4ccccc34)/C=C\[C@@H]1[C@@]2(CO)C(=O)O. The highest BCUT2D eigenvalue weighted by molar-refractivity contribution is 5.89. The van der Waals surface area contributed by atoms with Crippen molar-refractivity contribution in [3.63, 3.8) is 0 Å². The predicted molar refractivity (Wildman–Crippen MR) is 102 cm³/mol. The quantitative estimate of drug-likeness (QED) is 0.726. The minimum Gasteiger partial charge on any atom is -0.481 e. The minimum atomic E-state index is -1.26. The van der Waals surface area contributed by atoms with E-state index in [1.54, 1.807) is 0 Å². The standard InChI is InChI=1S/C21H24N2O3/c1-3-13-11-22-19-10-15-14-6-4-5-7-17(14)23(2)18(15)9-8-16(13)21(19,12-24)20(25)26/h3-9,16,19,22,24H,10-12H2,1-2H3,(H,25,26)/b9-8-,13-3-/t16-,19-,21+/m0/s1. The number of aliphatic hydroxyl groups excluding tert-OH is 1. The number of rotatable bonds is 2. The summed E-state index contributed by atoms with van der Waals surface area (Å²) in [6.07, 6.45) is 6.56. The zero-order valence-electron chi connectivity index (χ0n) is 15.1. The molecule has 2 bridgehead atoms. The van der Waals surface area contributed by atoms with Crippen molar-refractivity contribution >= 4 is 22.9 Å². The molecule has 3 atom stereocenters. The molecule has 3 N–H and O–H groups in total. The van der Waals surface area contributed by atoms with Crippen LogP contribution in [0.4, 0.5) is 0 Å². The number of aliphatic carboxylic acids is 1. The summed E-state index contributed by atoms with van der Waals surface area (Å²) in [4.78, 5) is 12.4. The fraction of sp³-hybridized carbons (Fsp3) is 0.381. The van der Waals surface area contributed by atoms with Crippen molar-refractivity contribution in [2.24, 2.45) is 18.4 Å². The van der Waals surface area contributed by atoms with Gasteiger partial charge in [-0.1, -0.05) is 35.9 Å². The van der Waals surface area contributed by atoms with Gasteiger partial charge in [0.2, 0.25) is 0 Å². The van der Waals surface area contributed by atoms with Crippen LogP contribution in [0.2, 0.25) is 0 Å². The number of allylic oxidation sites excluding steroid dienone is 2. The lowest BCUT2D eigenvalue weighted by Crippen LogP contribution is -2.62. The van der Waals surface area contributed by atoms with E-state index in [4.69, 9.17) is 0 Å². The number of hydrogen-bond acceptors (Lipinski definition) is 3. The number of aromatic nitrogens is 1. The molecule has 136 valence electrons. The predicted octanol–water partition coefficient (Wildman–Crippen LogP) is 2.35. The molecule has 1 saturated heterocycles. The number of fused-ring (bicyclic) bond motifs is 5. The van der Waals surface area contributed by atoms with Gasteiger partial charge < -0.3 is 20.1 Å². The van der Waals surface area contributed by atoms with Gasteiger partial charge in [-0.3, -0.25) is 4.79 Å². The van der Waals surface area contributed by atoms with Gasteiger partial charge in [-0.05, 0) is 31.1 Å². The average Bonchev–Trinajstić information content (AvgIpc) is 2.90. The molecule has 1 fully saturated rings. The van der Waals surface area contributed by atoms with Gasteiger partial charge in [0, 0.05) is 42.1 Å². The fourth-order valence-electron chi connectivity index (χ4n) is 4.78. The molecule has 0 spiro atoms. The molecule has 1 aromatic carbocycles. The molecule has 2 aromatic rings. The van der Waals surface area contributed by atoms with Gasteiger partial charge in [0.15, 0.2) is 0 Å². The maximum atomic E-state index is 12.4. The molecule has 0 unspecified atom stereocenters. The van der Waals surface area contributed by atoms with Crippen LogP contribution in [0.3, 0.4) is 0 Å². The van der Waals surface area contributed by atoms with Crippen LogP contribution in [0, 0.1) is 11.3 Å². The summed E-state index contributed by atoms with van der Waals surface area (Å²) >= 11 is 0. The van der Waals surface area contributed by atoms with E-state index >= 15 is 0 Å². The molecule has 0 amide bonds. The summed E-state index contributed by atoms with van der Waals surface area (Å²) < 4.78 is 2.17. The molecule has 5 nitrogen and oxygen atoms in total. The second-order valence-electron chi connectivity index (χ2n) is 7.28. The van der Waals surface area contributed by atoms with E-state index in [9.17, 15) is 15.0 Å². The van der Waals surface area contributed by atoms with Crippen LogP contribution < -0.4 is 5.32 Å². The van der Waals surface area contributed by atoms with Crippen molar-refractivity contribution in [3.05, 3.63) is 53.2 Å². The Balaban J connectivity index is 1.99. The summed E-state index contributed by atoms with van der Waals surface area (Å²) in [5.74, 6) is -1.28. The third-order valence-corrected chi connectivity index (χ3v) is 6.28. The average molecular weight is 352 g/mol. The van der Waals surface area contributed by atoms with E-state index in [1.165, 1.54) is 0 Å². The maximum Gasteiger partial charge on any atom is 0.314 e. The molecule has 2 aliphatic rings. The lowest BCUT2D eigenvalue weighted by molar-refractivity contribution is -0.157. The summed E-state index contributed by atoms with van der Waals surface area (Å²) in [5.41, 5.74) is 3.13. The molecular weight excluding hydrogens is 328 g/mol. The highest BCUT2D eigenvalue weighted by atomic mass is 16.4. The van der Waals surface area contributed by atoms with E-state index in [-0.39, 0.29) is 12.0 Å². The first-order valence-electron chi connectivity index (χ1n) is 9.01. The highest BCUT2D eigenvalue weighted by Crippen LogP contribution is 2.45. The minimum absolute atomic E-state index is 0.326. The van der Waals surface area contributed by atoms with Crippen molar-refractivity contribution in [2.45, 2.75) is 19.4 Å². The summed E-state index contributed by atoms with van der Waals surface area (Å²) in [7, 11) is 2.05. The normalized spacial score (nSPS) is 30.7. The number of nitrogens with zero attached hydrogens (tertiary/aromatic N) is 1. The Kier molecular flexibility index (Phi) is 4.01. The number of aryl methyl sites for hydroxylation is 1. The first kappa shape index (κ1) is 17.1. The topological polar surface area (TPSA) is 74.5 Å². The number of benzene rings is 1. The molecular formula is C21H24N2O3. The number of carbonyl (C=O) groups is 1. The molecule has 1 aliphatic heterocycles. The molecule has 2 heterocycles. The smallest absolute Gasteiger partial charge is 0.314 e. The van der Waals surface area contributed by atoms with Crippen LogP contribution in [-0.2, 0) is 18.3 Å². The number of nitrogens with one attached hydrogen (secondary N) is 1. The van der Waals surface area contributed by atoms with Crippen molar-refractivity contribution in [2.75, 3.05) is 13.2 Å². The number of para-hydroxylation sites is 1. The number of carboxylic acid groups (broad SMARTS) is 1. The molecule has 1 aromatic heterocycles. The van der Waals surface area contributed by atoms with Gasteiger partial charge in [-0.15, -0.1) is 0 Å². The largest absolute Gasteiger partial charge is 0.481 e.